The number of carbonyl (C=O) groups is 1. The number of aromatic nitrogens is 2. The zero-order valence-electron chi connectivity index (χ0n) is 16.6. The van der Waals surface area contributed by atoms with Crippen LogP contribution in [0.5, 0.6) is 0 Å². The molecule has 168 valence electrons. The van der Waals surface area contributed by atoms with Crippen molar-refractivity contribution in [2.45, 2.75) is 35.7 Å². The molecule has 1 aromatic heterocycles. The zero-order valence-corrected chi connectivity index (χ0v) is 17.4. The van der Waals surface area contributed by atoms with Crippen LogP contribution in [0.3, 0.4) is 0 Å². The summed E-state index contributed by atoms with van der Waals surface area (Å²) in [6.07, 6.45) is -2.22. The van der Waals surface area contributed by atoms with E-state index in [2.05, 4.69) is 20.6 Å². The normalized spacial score (nSPS) is 24.5. The standard InChI is InChI=1S/C19H17F3N6O3S/c1-28-16(23)27-18(17(4-5-17)32(28,30)31)7-10-2-3-12(6-13(10)18)26-15(29)14-24-8-11(9-25-14)19(20,21)22/h2-3,6,8-9H,4-5,7H2,1H3,(H2,23,27)(H,26,29)/t18-/m1/s1. The fraction of sp³-hybridized carbons (Fsp3) is 0.368. The van der Waals surface area contributed by atoms with E-state index in [0.717, 1.165) is 9.87 Å². The number of nitrogens with zero attached hydrogens (tertiary/aromatic N) is 3. The van der Waals surface area contributed by atoms with E-state index in [-0.39, 0.29) is 5.96 Å². The van der Waals surface area contributed by atoms with Gasteiger partial charge >= 0.3 is 6.18 Å². The Balaban J connectivity index is 1.43. The van der Waals surface area contributed by atoms with Gasteiger partial charge in [-0.05, 0) is 36.1 Å². The number of guanidine groups is 1. The Hall–Kier alpha value is -3.22. The van der Waals surface area contributed by atoms with Crippen molar-refractivity contribution >= 4 is 27.6 Å². The van der Waals surface area contributed by atoms with Crippen LogP contribution in [0, 0.1) is 5.41 Å². The molecule has 0 bridgehead atoms. The number of amides is 1. The quantitative estimate of drug-likeness (QED) is 0.620. The molecule has 3 aliphatic rings. The van der Waals surface area contributed by atoms with Gasteiger partial charge in [0.2, 0.25) is 21.8 Å². The van der Waals surface area contributed by atoms with Gasteiger partial charge in [-0.25, -0.2) is 22.7 Å². The second kappa shape index (κ2) is 6.18. The van der Waals surface area contributed by atoms with Crippen molar-refractivity contribution in [2.24, 2.45) is 0 Å². The summed E-state index contributed by atoms with van der Waals surface area (Å²) in [5.74, 6) is -1.46. The lowest BCUT2D eigenvalue weighted by Gasteiger charge is -2.54. The number of hydrogen-bond donors (Lipinski definition) is 3. The van der Waals surface area contributed by atoms with Crippen molar-refractivity contribution in [3.63, 3.8) is 0 Å². The summed E-state index contributed by atoms with van der Waals surface area (Å²) in [5, 5.41) is 13.7. The zero-order chi connectivity index (χ0) is 23.1. The Morgan fingerprint density at radius 1 is 1.25 bits per heavy atom. The first-order valence-corrected chi connectivity index (χ1v) is 11.0. The Bertz CT molecular complexity index is 1270. The summed E-state index contributed by atoms with van der Waals surface area (Å²) in [6.45, 7) is 0. The number of carbonyl (C=O) groups excluding carboxylic acids is 1. The number of alkyl halides is 3. The maximum absolute atomic E-state index is 13.0. The van der Waals surface area contributed by atoms with Crippen molar-refractivity contribution in [1.29, 1.82) is 5.41 Å². The molecule has 1 saturated carbocycles. The fourth-order valence-corrected chi connectivity index (χ4v) is 6.67. The first kappa shape index (κ1) is 20.7. The molecule has 2 aliphatic carbocycles. The molecule has 1 atom stereocenters. The van der Waals surface area contributed by atoms with E-state index in [0.29, 0.717) is 42.9 Å². The summed E-state index contributed by atoms with van der Waals surface area (Å²) >= 11 is 0. The smallest absolute Gasteiger partial charge is 0.344 e. The predicted molar refractivity (Wildman–Crippen MR) is 106 cm³/mol. The van der Waals surface area contributed by atoms with E-state index in [1.807, 2.05) is 0 Å². The van der Waals surface area contributed by atoms with Crippen LogP contribution in [-0.2, 0) is 28.2 Å². The molecule has 1 aliphatic heterocycles. The number of anilines is 1. The van der Waals surface area contributed by atoms with Crippen LogP contribution >= 0.6 is 0 Å². The molecule has 2 aromatic rings. The minimum Gasteiger partial charge on any atom is -0.344 e. The lowest BCUT2D eigenvalue weighted by atomic mass is 9.67. The summed E-state index contributed by atoms with van der Waals surface area (Å²) in [4.78, 5) is 19.4. The molecule has 0 unspecified atom stereocenters. The Labute approximate surface area is 180 Å². The topological polar surface area (TPSA) is 128 Å². The second-order valence-electron chi connectivity index (χ2n) is 8.14. The highest BCUT2D eigenvalue weighted by molar-refractivity contribution is 7.91. The Morgan fingerprint density at radius 3 is 2.50 bits per heavy atom. The molecule has 1 saturated heterocycles. The van der Waals surface area contributed by atoms with Crippen molar-refractivity contribution in [2.75, 3.05) is 12.4 Å². The van der Waals surface area contributed by atoms with Gasteiger partial charge in [-0.2, -0.15) is 13.2 Å². The molecule has 2 spiro atoms. The minimum absolute atomic E-state index is 0.222. The van der Waals surface area contributed by atoms with Gasteiger partial charge < -0.3 is 10.6 Å². The molecule has 13 heteroatoms. The predicted octanol–water partition coefficient (Wildman–Crippen LogP) is 1.83. The lowest BCUT2D eigenvalue weighted by molar-refractivity contribution is -0.138. The number of halogens is 3. The van der Waals surface area contributed by atoms with E-state index in [4.69, 9.17) is 5.41 Å². The van der Waals surface area contributed by atoms with Crippen molar-refractivity contribution in [1.82, 2.24) is 19.6 Å². The van der Waals surface area contributed by atoms with Gasteiger partial charge in [-0.3, -0.25) is 10.2 Å². The number of rotatable bonds is 2. The molecule has 3 N–H and O–H groups in total. The highest BCUT2D eigenvalue weighted by Gasteiger charge is 2.75. The second-order valence-corrected chi connectivity index (χ2v) is 10.4. The molecule has 2 fully saturated rings. The van der Waals surface area contributed by atoms with Crippen molar-refractivity contribution in [3.05, 3.63) is 53.1 Å². The molecule has 32 heavy (non-hydrogen) atoms. The van der Waals surface area contributed by atoms with Crippen LogP contribution < -0.4 is 10.6 Å². The first-order chi connectivity index (χ1) is 14.9. The number of fused-ring (bicyclic) bond motifs is 3. The van der Waals surface area contributed by atoms with E-state index < -0.39 is 43.8 Å². The summed E-state index contributed by atoms with van der Waals surface area (Å²) in [5.41, 5.74) is -0.153. The number of benzene rings is 1. The maximum Gasteiger partial charge on any atom is 0.419 e. The highest BCUT2D eigenvalue weighted by atomic mass is 32.2. The SMILES string of the molecule is CN1C(=N)N[C@@]2(Cc3ccc(NC(=O)c4ncc(C(F)(F)F)cn4)cc32)C2(CC2)S1(=O)=O. The molecular weight excluding hydrogens is 449 g/mol. The average molecular weight is 466 g/mol. The van der Waals surface area contributed by atoms with Crippen LogP contribution in [0.2, 0.25) is 0 Å². The van der Waals surface area contributed by atoms with Gasteiger partial charge in [0.25, 0.3) is 5.91 Å². The first-order valence-electron chi connectivity index (χ1n) is 9.61. The highest BCUT2D eigenvalue weighted by Crippen LogP contribution is 2.63. The molecule has 2 heterocycles. The van der Waals surface area contributed by atoms with Gasteiger partial charge in [0, 0.05) is 31.5 Å². The molecule has 0 radical (unpaired) electrons. The summed E-state index contributed by atoms with van der Waals surface area (Å²) < 4.78 is 64.0. The largest absolute Gasteiger partial charge is 0.419 e. The third-order valence-electron chi connectivity index (χ3n) is 6.45. The van der Waals surface area contributed by atoms with E-state index >= 15 is 0 Å². The van der Waals surface area contributed by atoms with E-state index in [9.17, 15) is 26.4 Å². The number of nitrogens with one attached hydrogen (secondary N) is 3. The molecular formula is C19H17F3N6O3S. The summed E-state index contributed by atoms with van der Waals surface area (Å²) in [7, 11) is -2.39. The average Bonchev–Trinajstić information content (AvgIpc) is 3.53. The number of hydrogen-bond acceptors (Lipinski definition) is 6. The molecule has 1 aromatic carbocycles. The van der Waals surface area contributed by atoms with Gasteiger partial charge in [0.05, 0.1) is 11.1 Å². The van der Waals surface area contributed by atoms with Crippen LogP contribution in [0.1, 0.15) is 40.2 Å². The van der Waals surface area contributed by atoms with E-state index in [1.54, 1.807) is 18.2 Å². The van der Waals surface area contributed by atoms with Gasteiger partial charge in [-0.1, -0.05) is 6.07 Å². The van der Waals surface area contributed by atoms with Crippen molar-refractivity contribution < 1.29 is 26.4 Å². The minimum atomic E-state index is -4.61. The lowest BCUT2D eigenvalue weighted by Crippen LogP contribution is -2.72. The van der Waals surface area contributed by atoms with Crippen LogP contribution in [0.25, 0.3) is 0 Å². The molecule has 1 amide bonds. The van der Waals surface area contributed by atoms with Gasteiger partial charge in [0.1, 0.15) is 4.75 Å². The van der Waals surface area contributed by atoms with Crippen molar-refractivity contribution in [3.8, 4) is 0 Å². The Kier molecular flexibility index (Phi) is 3.99. The summed E-state index contributed by atoms with van der Waals surface area (Å²) in [6, 6.07) is 4.99. The third-order valence-corrected chi connectivity index (χ3v) is 9.10. The van der Waals surface area contributed by atoms with Crippen LogP contribution in [0.4, 0.5) is 18.9 Å². The molecule has 5 rings (SSSR count). The molecule has 9 nitrogen and oxygen atoms in total. The number of sulfonamides is 1. The van der Waals surface area contributed by atoms with Crippen LogP contribution in [-0.4, -0.2) is 46.4 Å². The fourth-order valence-electron chi connectivity index (χ4n) is 4.57. The Morgan fingerprint density at radius 2 is 1.91 bits per heavy atom. The maximum atomic E-state index is 13.0. The monoisotopic (exact) mass is 466 g/mol. The van der Waals surface area contributed by atoms with Gasteiger partial charge in [0.15, 0.2) is 0 Å². The van der Waals surface area contributed by atoms with Gasteiger partial charge in [-0.15, -0.1) is 0 Å². The van der Waals surface area contributed by atoms with E-state index in [1.165, 1.54) is 7.05 Å². The third kappa shape index (κ3) is 2.60. The van der Waals surface area contributed by atoms with Crippen LogP contribution in [0.15, 0.2) is 30.6 Å².